The normalized spacial score (nSPS) is 10.6. The van der Waals surface area contributed by atoms with Crippen molar-refractivity contribution in [1.82, 2.24) is 4.98 Å². The van der Waals surface area contributed by atoms with E-state index < -0.39 is 0 Å². The molecular formula is C17H13NO3S. The molecule has 3 aromatic rings. The number of fused-ring (bicyclic) bond motifs is 1. The Kier molecular flexibility index (Phi) is 3.98. The number of ether oxygens (including phenoxy) is 1. The molecule has 22 heavy (non-hydrogen) atoms. The molecule has 0 fully saturated rings. The minimum absolute atomic E-state index is 0.269. The van der Waals surface area contributed by atoms with Crippen molar-refractivity contribution < 1.29 is 13.9 Å². The van der Waals surface area contributed by atoms with Crippen LogP contribution in [0.5, 0.6) is 5.75 Å². The van der Waals surface area contributed by atoms with Crippen molar-refractivity contribution in [3.05, 3.63) is 53.2 Å². The molecule has 0 spiro atoms. The maximum Gasteiger partial charge on any atom is 0.310 e. The van der Waals surface area contributed by atoms with E-state index in [-0.39, 0.29) is 5.97 Å². The van der Waals surface area contributed by atoms with Gasteiger partial charge in [0.1, 0.15) is 16.0 Å². The Labute approximate surface area is 132 Å². The van der Waals surface area contributed by atoms with Crippen molar-refractivity contribution >= 4 is 29.2 Å². The van der Waals surface area contributed by atoms with E-state index in [4.69, 9.17) is 21.4 Å². The minimum Gasteiger partial charge on any atom is -0.438 e. The average Bonchev–Trinajstić information content (AvgIpc) is 2.55. The molecule has 0 N–H and O–H groups in total. The first-order chi connectivity index (χ1) is 10.7. The van der Waals surface area contributed by atoms with Crippen LogP contribution in [0.25, 0.3) is 22.4 Å². The molecule has 0 aliphatic carbocycles. The molecule has 0 bridgehead atoms. The zero-order valence-electron chi connectivity index (χ0n) is 11.9. The van der Waals surface area contributed by atoms with Crippen LogP contribution in [0, 0.1) is 4.64 Å². The van der Waals surface area contributed by atoms with Crippen LogP contribution in [0.4, 0.5) is 0 Å². The van der Waals surface area contributed by atoms with Gasteiger partial charge < -0.3 is 9.15 Å². The third-order valence-electron chi connectivity index (χ3n) is 3.15. The number of nitrogens with zero attached hydrogens (tertiary/aromatic N) is 1. The molecule has 0 aliphatic rings. The molecule has 4 nitrogen and oxygen atoms in total. The van der Waals surface area contributed by atoms with Crippen LogP contribution < -0.4 is 4.74 Å². The lowest BCUT2D eigenvalue weighted by molar-refractivity contribution is -0.134. The van der Waals surface area contributed by atoms with Gasteiger partial charge in [0, 0.05) is 12.0 Å². The van der Waals surface area contributed by atoms with Crippen LogP contribution in [-0.4, -0.2) is 11.0 Å². The number of aromatic nitrogens is 1. The maximum absolute atomic E-state index is 11.3. The second-order valence-electron chi connectivity index (χ2n) is 4.67. The summed E-state index contributed by atoms with van der Waals surface area (Å²) >= 11 is 5.30. The SMILES string of the molecule is CCC(=O)Oc1ccc(-c2nc(=S)c3ccccc3o2)cc1. The van der Waals surface area contributed by atoms with Crippen LogP contribution in [0.15, 0.2) is 52.9 Å². The first-order valence-corrected chi connectivity index (χ1v) is 7.29. The third-order valence-corrected chi connectivity index (χ3v) is 3.46. The molecular weight excluding hydrogens is 298 g/mol. The molecule has 0 saturated carbocycles. The number of carbonyl (C=O) groups is 1. The van der Waals surface area contributed by atoms with Gasteiger partial charge in [-0.1, -0.05) is 31.3 Å². The summed E-state index contributed by atoms with van der Waals surface area (Å²) in [6, 6.07) is 14.5. The smallest absolute Gasteiger partial charge is 0.310 e. The highest BCUT2D eigenvalue weighted by Crippen LogP contribution is 2.25. The Hall–Kier alpha value is -2.53. The van der Waals surface area contributed by atoms with E-state index >= 15 is 0 Å². The number of rotatable bonds is 3. The van der Waals surface area contributed by atoms with Gasteiger partial charge in [-0.05, 0) is 36.4 Å². The minimum atomic E-state index is -0.269. The van der Waals surface area contributed by atoms with Crippen molar-refractivity contribution in [3.8, 4) is 17.2 Å². The second-order valence-corrected chi connectivity index (χ2v) is 5.06. The van der Waals surface area contributed by atoms with Gasteiger partial charge in [0.25, 0.3) is 0 Å². The summed E-state index contributed by atoms with van der Waals surface area (Å²) in [5.74, 6) is 0.668. The van der Waals surface area contributed by atoms with Gasteiger partial charge in [0.15, 0.2) is 0 Å². The number of benzene rings is 2. The molecule has 0 atom stereocenters. The quantitative estimate of drug-likeness (QED) is 0.404. The van der Waals surface area contributed by atoms with E-state index in [9.17, 15) is 4.79 Å². The molecule has 2 aromatic carbocycles. The van der Waals surface area contributed by atoms with E-state index in [2.05, 4.69) is 4.98 Å². The van der Waals surface area contributed by atoms with Crippen LogP contribution >= 0.6 is 12.2 Å². The monoisotopic (exact) mass is 311 g/mol. The lowest BCUT2D eigenvalue weighted by Crippen LogP contribution is -2.05. The Balaban J connectivity index is 1.97. The Bertz CT molecular complexity index is 884. The summed E-state index contributed by atoms with van der Waals surface area (Å²) in [5.41, 5.74) is 1.46. The molecule has 110 valence electrons. The highest BCUT2D eigenvalue weighted by Gasteiger charge is 2.07. The molecule has 0 unspecified atom stereocenters. The third kappa shape index (κ3) is 2.89. The summed E-state index contributed by atoms with van der Waals surface area (Å²) in [7, 11) is 0. The van der Waals surface area contributed by atoms with Gasteiger partial charge in [-0.2, -0.15) is 0 Å². The Morgan fingerprint density at radius 1 is 1.18 bits per heavy atom. The second kappa shape index (κ2) is 6.07. The molecule has 3 rings (SSSR count). The highest BCUT2D eigenvalue weighted by molar-refractivity contribution is 7.71. The average molecular weight is 311 g/mol. The lowest BCUT2D eigenvalue weighted by Gasteiger charge is -2.05. The van der Waals surface area contributed by atoms with Gasteiger partial charge in [0.2, 0.25) is 5.89 Å². The van der Waals surface area contributed by atoms with Gasteiger partial charge in [0.05, 0.1) is 5.39 Å². The highest BCUT2D eigenvalue weighted by atomic mass is 32.1. The van der Waals surface area contributed by atoms with E-state index in [0.717, 1.165) is 10.9 Å². The summed E-state index contributed by atoms with van der Waals surface area (Å²) in [6.07, 6.45) is 0.336. The molecule has 1 heterocycles. The van der Waals surface area contributed by atoms with Crippen LogP contribution in [0.3, 0.4) is 0 Å². The Morgan fingerprint density at radius 2 is 1.91 bits per heavy atom. The largest absolute Gasteiger partial charge is 0.438 e. The molecule has 0 saturated heterocycles. The summed E-state index contributed by atoms with van der Waals surface area (Å²) in [4.78, 5) is 15.6. The molecule has 0 amide bonds. The lowest BCUT2D eigenvalue weighted by atomic mass is 10.2. The first kappa shape index (κ1) is 14.4. The van der Waals surface area contributed by atoms with Gasteiger partial charge >= 0.3 is 5.97 Å². The predicted molar refractivity (Wildman–Crippen MR) is 86.2 cm³/mol. The number of hydrogen-bond donors (Lipinski definition) is 0. The van der Waals surface area contributed by atoms with Crippen molar-refractivity contribution in [2.45, 2.75) is 13.3 Å². The predicted octanol–water partition coefficient (Wildman–Crippen LogP) is 4.54. The van der Waals surface area contributed by atoms with Crippen molar-refractivity contribution in [1.29, 1.82) is 0 Å². The van der Waals surface area contributed by atoms with Crippen molar-refractivity contribution in [2.24, 2.45) is 0 Å². The molecule has 1 aromatic heterocycles. The van der Waals surface area contributed by atoms with E-state index in [0.29, 0.717) is 28.3 Å². The van der Waals surface area contributed by atoms with Gasteiger partial charge in [-0.15, -0.1) is 0 Å². The van der Waals surface area contributed by atoms with Crippen molar-refractivity contribution in [3.63, 3.8) is 0 Å². The van der Waals surface area contributed by atoms with Gasteiger partial charge in [-0.3, -0.25) is 4.79 Å². The maximum atomic E-state index is 11.3. The topological polar surface area (TPSA) is 52.3 Å². The zero-order valence-corrected chi connectivity index (χ0v) is 12.7. The molecule has 0 radical (unpaired) electrons. The summed E-state index contributed by atoms with van der Waals surface area (Å²) in [5, 5.41) is 0.815. The molecule has 5 heteroatoms. The number of esters is 1. The first-order valence-electron chi connectivity index (χ1n) is 6.88. The van der Waals surface area contributed by atoms with E-state index in [1.165, 1.54) is 0 Å². The number of carbonyl (C=O) groups excluding carboxylic acids is 1. The van der Waals surface area contributed by atoms with Crippen LogP contribution in [0.2, 0.25) is 0 Å². The Morgan fingerprint density at radius 3 is 2.64 bits per heavy atom. The van der Waals surface area contributed by atoms with Gasteiger partial charge in [-0.25, -0.2) is 4.98 Å². The number of hydrogen-bond acceptors (Lipinski definition) is 5. The summed E-state index contributed by atoms with van der Waals surface area (Å²) in [6.45, 7) is 1.75. The fourth-order valence-electron chi connectivity index (χ4n) is 2.00. The van der Waals surface area contributed by atoms with Crippen molar-refractivity contribution in [2.75, 3.05) is 0 Å². The van der Waals surface area contributed by atoms with E-state index in [1.54, 1.807) is 31.2 Å². The zero-order chi connectivity index (χ0) is 15.5. The van der Waals surface area contributed by atoms with E-state index in [1.807, 2.05) is 24.3 Å². The summed E-state index contributed by atoms with van der Waals surface area (Å²) < 4.78 is 11.4. The number of para-hydroxylation sites is 1. The standard InChI is InChI=1S/C17H13NO3S/c1-2-15(19)20-12-9-7-11(8-10-12)16-18-17(22)13-5-3-4-6-14(13)21-16/h3-10H,2H2,1H3. The van der Waals surface area contributed by atoms with Crippen LogP contribution in [0.1, 0.15) is 13.3 Å². The molecule has 0 aliphatic heterocycles. The fraction of sp³-hybridized carbons (Fsp3) is 0.118. The van der Waals surface area contributed by atoms with Crippen LogP contribution in [-0.2, 0) is 4.79 Å². The fourth-order valence-corrected chi connectivity index (χ4v) is 2.26.